The first-order valence-electron chi connectivity index (χ1n) is 7.79. The number of nitrogens with one attached hydrogen (secondary N) is 1. The number of ether oxygens (including phenoxy) is 2. The van der Waals surface area contributed by atoms with Gasteiger partial charge in [0.25, 0.3) is 5.91 Å². The van der Waals surface area contributed by atoms with E-state index in [-0.39, 0.29) is 11.8 Å². The second-order valence-electron chi connectivity index (χ2n) is 5.32. The second kappa shape index (κ2) is 8.22. The van der Waals surface area contributed by atoms with Crippen molar-refractivity contribution in [2.75, 3.05) is 20.3 Å². The minimum Gasteiger partial charge on any atom is -0.493 e. The Hall–Kier alpha value is -2.49. The maximum atomic E-state index is 12.3. The highest BCUT2D eigenvalue weighted by molar-refractivity contribution is 5.94. The molecule has 0 aromatic heterocycles. The van der Waals surface area contributed by atoms with Crippen LogP contribution in [0.1, 0.15) is 35.7 Å². The number of amides is 1. The van der Waals surface area contributed by atoms with Crippen LogP contribution in [0.4, 0.5) is 0 Å². The fourth-order valence-electron chi connectivity index (χ4n) is 2.33. The van der Waals surface area contributed by atoms with Crippen LogP contribution < -0.4 is 14.8 Å². The summed E-state index contributed by atoms with van der Waals surface area (Å²) in [5.74, 6) is 1.35. The van der Waals surface area contributed by atoms with Crippen molar-refractivity contribution in [3.8, 4) is 11.5 Å². The van der Waals surface area contributed by atoms with Crippen LogP contribution >= 0.6 is 0 Å². The number of hydrogen-bond acceptors (Lipinski definition) is 3. The van der Waals surface area contributed by atoms with Gasteiger partial charge in [-0.25, -0.2) is 0 Å². The Bertz CT molecular complexity index is 640. The molecule has 0 aliphatic rings. The molecule has 4 nitrogen and oxygen atoms in total. The Morgan fingerprint density at radius 2 is 1.87 bits per heavy atom. The molecule has 0 fully saturated rings. The fraction of sp³-hybridized carbons (Fsp3) is 0.316. The average Bonchev–Trinajstić information content (AvgIpc) is 2.60. The summed E-state index contributed by atoms with van der Waals surface area (Å²) < 4.78 is 10.7. The maximum Gasteiger partial charge on any atom is 0.251 e. The molecule has 23 heavy (non-hydrogen) atoms. The third-order valence-corrected chi connectivity index (χ3v) is 3.66. The highest BCUT2D eigenvalue weighted by Crippen LogP contribution is 2.28. The van der Waals surface area contributed by atoms with Gasteiger partial charge in [0, 0.05) is 12.1 Å². The summed E-state index contributed by atoms with van der Waals surface area (Å²) in [6, 6.07) is 15.3. The molecule has 1 N–H and O–H groups in total. The lowest BCUT2D eigenvalue weighted by molar-refractivity contribution is 0.0951. The molecule has 2 rings (SSSR count). The zero-order chi connectivity index (χ0) is 16.7. The number of hydrogen-bond donors (Lipinski definition) is 1. The van der Waals surface area contributed by atoms with E-state index < -0.39 is 0 Å². The predicted molar refractivity (Wildman–Crippen MR) is 91.4 cm³/mol. The standard InChI is InChI=1S/C19H23NO3/c1-4-23-17-11-10-16(12-18(17)22-3)19(21)20-13-14(2)15-8-6-5-7-9-15/h5-12,14H,4,13H2,1-3H3,(H,20,21). The number of carbonyl (C=O) groups excluding carboxylic acids is 1. The number of benzene rings is 2. The minimum atomic E-state index is -0.117. The molecule has 0 radical (unpaired) electrons. The molecule has 0 aliphatic heterocycles. The highest BCUT2D eigenvalue weighted by atomic mass is 16.5. The van der Waals surface area contributed by atoms with Crippen molar-refractivity contribution < 1.29 is 14.3 Å². The van der Waals surface area contributed by atoms with Gasteiger partial charge in [-0.2, -0.15) is 0 Å². The molecular weight excluding hydrogens is 290 g/mol. The molecule has 0 spiro atoms. The molecule has 1 amide bonds. The average molecular weight is 313 g/mol. The van der Waals surface area contributed by atoms with E-state index in [0.29, 0.717) is 30.2 Å². The van der Waals surface area contributed by atoms with Gasteiger partial charge in [0.05, 0.1) is 13.7 Å². The molecule has 0 heterocycles. The van der Waals surface area contributed by atoms with Crippen molar-refractivity contribution >= 4 is 5.91 Å². The quantitative estimate of drug-likeness (QED) is 0.849. The van der Waals surface area contributed by atoms with Crippen LogP contribution in [0.2, 0.25) is 0 Å². The van der Waals surface area contributed by atoms with Gasteiger partial charge >= 0.3 is 0 Å². The predicted octanol–water partition coefficient (Wildman–Crippen LogP) is 3.63. The molecule has 2 aromatic carbocycles. The zero-order valence-corrected chi connectivity index (χ0v) is 13.8. The number of rotatable bonds is 7. The Balaban J connectivity index is 2.00. The Labute approximate surface area is 137 Å². The van der Waals surface area contributed by atoms with Gasteiger partial charge in [-0.1, -0.05) is 37.3 Å². The first-order valence-corrected chi connectivity index (χ1v) is 7.79. The highest BCUT2D eigenvalue weighted by Gasteiger charge is 2.12. The van der Waals surface area contributed by atoms with Gasteiger partial charge in [0.1, 0.15) is 0 Å². The summed E-state index contributed by atoms with van der Waals surface area (Å²) in [6.07, 6.45) is 0. The van der Waals surface area contributed by atoms with Gasteiger partial charge in [-0.3, -0.25) is 4.79 Å². The first kappa shape index (κ1) is 16.9. The van der Waals surface area contributed by atoms with Crippen molar-refractivity contribution in [2.45, 2.75) is 19.8 Å². The van der Waals surface area contributed by atoms with E-state index in [1.165, 1.54) is 5.56 Å². The van der Waals surface area contributed by atoms with E-state index in [0.717, 1.165) is 0 Å². The summed E-state index contributed by atoms with van der Waals surface area (Å²) in [4.78, 5) is 12.3. The molecule has 2 aromatic rings. The smallest absolute Gasteiger partial charge is 0.251 e. The van der Waals surface area contributed by atoms with Gasteiger partial charge in [-0.15, -0.1) is 0 Å². The van der Waals surface area contributed by atoms with E-state index in [1.807, 2.05) is 25.1 Å². The first-order chi connectivity index (χ1) is 11.2. The molecule has 0 saturated heterocycles. The normalized spacial score (nSPS) is 11.6. The molecule has 0 bridgehead atoms. The van der Waals surface area contributed by atoms with Crippen molar-refractivity contribution in [1.82, 2.24) is 5.32 Å². The molecule has 122 valence electrons. The van der Waals surface area contributed by atoms with Crippen LogP contribution in [0.5, 0.6) is 11.5 Å². The third-order valence-electron chi connectivity index (χ3n) is 3.66. The van der Waals surface area contributed by atoms with Crippen molar-refractivity contribution in [1.29, 1.82) is 0 Å². The van der Waals surface area contributed by atoms with Gasteiger partial charge in [-0.05, 0) is 36.6 Å². The van der Waals surface area contributed by atoms with E-state index in [9.17, 15) is 4.79 Å². The molecule has 0 aliphatic carbocycles. The second-order valence-corrected chi connectivity index (χ2v) is 5.32. The summed E-state index contributed by atoms with van der Waals surface area (Å²) in [6.45, 7) is 5.13. The van der Waals surface area contributed by atoms with E-state index >= 15 is 0 Å². The molecule has 4 heteroatoms. The third kappa shape index (κ3) is 4.49. The molecule has 1 unspecified atom stereocenters. The van der Waals surface area contributed by atoms with Crippen molar-refractivity contribution in [3.05, 3.63) is 59.7 Å². The van der Waals surface area contributed by atoms with E-state index in [4.69, 9.17) is 9.47 Å². The van der Waals surface area contributed by atoms with Crippen LogP contribution in [0, 0.1) is 0 Å². The monoisotopic (exact) mass is 313 g/mol. The van der Waals surface area contributed by atoms with Crippen LogP contribution in [0.3, 0.4) is 0 Å². The lowest BCUT2D eigenvalue weighted by atomic mass is 10.0. The Kier molecular flexibility index (Phi) is 6.03. The van der Waals surface area contributed by atoms with Crippen molar-refractivity contribution in [3.63, 3.8) is 0 Å². The Morgan fingerprint density at radius 1 is 1.13 bits per heavy atom. The molecular formula is C19H23NO3. The largest absolute Gasteiger partial charge is 0.493 e. The zero-order valence-electron chi connectivity index (χ0n) is 13.8. The maximum absolute atomic E-state index is 12.3. The minimum absolute atomic E-state index is 0.117. The van der Waals surface area contributed by atoms with E-state index in [1.54, 1.807) is 25.3 Å². The molecule has 0 saturated carbocycles. The fourth-order valence-corrected chi connectivity index (χ4v) is 2.33. The van der Waals surface area contributed by atoms with Crippen LogP contribution in [0.15, 0.2) is 48.5 Å². The van der Waals surface area contributed by atoms with Crippen molar-refractivity contribution in [2.24, 2.45) is 0 Å². The van der Waals surface area contributed by atoms with Gasteiger partial charge in [0.2, 0.25) is 0 Å². The number of methoxy groups -OCH3 is 1. The lowest BCUT2D eigenvalue weighted by Gasteiger charge is -2.14. The summed E-state index contributed by atoms with van der Waals surface area (Å²) >= 11 is 0. The van der Waals surface area contributed by atoms with E-state index in [2.05, 4.69) is 24.4 Å². The summed E-state index contributed by atoms with van der Waals surface area (Å²) in [5.41, 5.74) is 1.77. The topological polar surface area (TPSA) is 47.6 Å². The van der Waals surface area contributed by atoms with Crippen LogP contribution in [-0.2, 0) is 0 Å². The summed E-state index contributed by atoms with van der Waals surface area (Å²) in [5, 5.41) is 2.96. The number of carbonyl (C=O) groups is 1. The van der Waals surface area contributed by atoms with Gasteiger partial charge in [0.15, 0.2) is 11.5 Å². The molecule has 1 atom stereocenters. The lowest BCUT2D eigenvalue weighted by Crippen LogP contribution is -2.27. The van der Waals surface area contributed by atoms with Crippen LogP contribution in [0.25, 0.3) is 0 Å². The van der Waals surface area contributed by atoms with Crippen LogP contribution in [-0.4, -0.2) is 26.2 Å². The Morgan fingerprint density at radius 3 is 2.52 bits per heavy atom. The summed E-state index contributed by atoms with van der Waals surface area (Å²) in [7, 11) is 1.57. The van der Waals surface area contributed by atoms with Gasteiger partial charge < -0.3 is 14.8 Å². The SMILES string of the molecule is CCOc1ccc(C(=O)NCC(C)c2ccccc2)cc1OC.